The summed E-state index contributed by atoms with van der Waals surface area (Å²) in [6.07, 6.45) is 8.59. The summed E-state index contributed by atoms with van der Waals surface area (Å²) in [5.41, 5.74) is 8.28. The fraction of sp³-hybridized carbons (Fsp3) is 0.381. The number of nitrogens with one attached hydrogen (secondary N) is 2. The fourth-order valence-electron chi connectivity index (χ4n) is 4.31. The van der Waals surface area contributed by atoms with E-state index in [0.717, 1.165) is 40.8 Å². The van der Waals surface area contributed by atoms with Gasteiger partial charge in [0, 0.05) is 27.9 Å². The molecule has 5 nitrogen and oxygen atoms in total. The quantitative estimate of drug-likeness (QED) is 0.526. The van der Waals surface area contributed by atoms with Crippen molar-refractivity contribution in [2.24, 2.45) is 0 Å². The molecule has 1 aliphatic rings. The van der Waals surface area contributed by atoms with Crippen LogP contribution in [0.3, 0.4) is 0 Å². The summed E-state index contributed by atoms with van der Waals surface area (Å²) in [6.45, 7) is 6.61. The SMILES string of the molecule is CC(C)(C)c1n[nH]cc1-c1nc2ccc3[nH]ncc3c2c2c1CCCC2. The van der Waals surface area contributed by atoms with Crippen LogP contribution in [-0.4, -0.2) is 25.4 Å². The Balaban J connectivity index is 1.88. The molecule has 3 aromatic heterocycles. The van der Waals surface area contributed by atoms with E-state index in [1.807, 2.05) is 12.4 Å². The van der Waals surface area contributed by atoms with Crippen molar-refractivity contribution in [3.05, 3.63) is 41.3 Å². The molecular formula is C21H23N5. The molecule has 4 aromatic rings. The van der Waals surface area contributed by atoms with E-state index in [4.69, 9.17) is 4.98 Å². The van der Waals surface area contributed by atoms with Gasteiger partial charge in [0.1, 0.15) is 0 Å². The number of nitrogens with zero attached hydrogens (tertiary/aromatic N) is 3. The van der Waals surface area contributed by atoms with Crippen LogP contribution in [-0.2, 0) is 18.3 Å². The minimum Gasteiger partial charge on any atom is -0.285 e. The topological polar surface area (TPSA) is 70.2 Å². The van der Waals surface area contributed by atoms with E-state index in [1.54, 1.807) is 0 Å². The largest absolute Gasteiger partial charge is 0.285 e. The van der Waals surface area contributed by atoms with Gasteiger partial charge in [-0.15, -0.1) is 0 Å². The summed E-state index contributed by atoms with van der Waals surface area (Å²) in [7, 11) is 0. The standard InChI is InChI=1S/C21H23N5/c1-21(2,3)20-15(11-23-26-20)19-13-7-5-4-6-12(13)18-14-10-22-25-16(14)8-9-17(18)24-19/h8-11H,4-7H2,1-3H3,(H,22,25)(H,23,26). The average Bonchev–Trinajstić information content (AvgIpc) is 3.29. The number of hydrogen-bond donors (Lipinski definition) is 2. The fourth-order valence-corrected chi connectivity index (χ4v) is 4.31. The van der Waals surface area contributed by atoms with Gasteiger partial charge in [-0.05, 0) is 48.9 Å². The first-order valence-corrected chi connectivity index (χ1v) is 9.36. The number of hydrogen-bond acceptors (Lipinski definition) is 3. The first-order valence-electron chi connectivity index (χ1n) is 9.36. The van der Waals surface area contributed by atoms with Crippen LogP contribution in [0.1, 0.15) is 50.4 Å². The van der Waals surface area contributed by atoms with Crippen LogP contribution < -0.4 is 0 Å². The highest BCUT2D eigenvalue weighted by molar-refractivity contribution is 6.07. The van der Waals surface area contributed by atoms with Crippen LogP contribution in [0.25, 0.3) is 33.1 Å². The molecule has 132 valence electrons. The molecule has 5 rings (SSSR count). The molecule has 0 atom stereocenters. The number of aryl methyl sites for hydroxylation is 1. The Bertz CT molecular complexity index is 1130. The first-order chi connectivity index (χ1) is 12.5. The summed E-state index contributed by atoms with van der Waals surface area (Å²) in [5, 5.41) is 17.4. The van der Waals surface area contributed by atoms with Crippen LogP contribution in [0.4, 0.5) is 0 Å². The molecule has 5 heteroatoms. The molecular weight excluding hydrogens is 322 g/mol. The van der Waals surface area contributed by atoms with Crippen molar-refractivity contribution in [1.82, 2.24) is 25.4 Å². The number of aromatic amines is 2. The first kappa shape index (κ1) is 15.6. The molecule has 0 saturated heterocycles. The van der Waals surface area contributed by atoms with Crippen molar-refractivity contribution < 1.29 is 0 Å². The van der Waals surface area contributed by atoms with Gasteiger partial charge in [0.2, 0.25) is 0 Å². The van der Waals surface area contributed by atoms with Crippen LogP contribution in [0, 0.1) is 0 Å². The Morgan fingerprint density at radius 1 is 1.04 bits per heavy atom. The van der Waals surface area contributed by atoms with E-state index >= 15 is 0 Å². The smallest absolute Gasteiger partial charge is 0.0778 e. The molecule has 1 aliphatic carbocycles. The lowest BCUT2D eigenvalue weighted by molar-refractivity contribution is 0.568. The molecule has 26 heavy (non-hydrogen) atoms. The maximum absolute atomic E-state index is 5.13. The van der Waals surface area contributed by atoms with Crippen molar-refractivity contribution in [2.45, 2.75) is 51.9 Å². The summed E-state index contributed by atoms with van der Waals surface area (Å²) in [6, 6.07) is 4.20. The van der Waals surface area contributed by atoms with Crippen LogP contribution in [0.15, 0.2) is 24.5 Å². The lowest BCUT2D eigenvalue weighted by Crippen LogP contribution is -2.15. The zero-order valence-corrected chi connectivity index (χ0v) is 15.5. The molecule has 0 bridgehead atoms. The van der Waals surface area contributed by atoms with Gasteiger partial charge >= 0.3 is 0 Å². The molecule has 2 N–H and O–H groups in total. The van der Waals surface area contributed by atoms with Gasteiger partial charge < -0.3 is 0 Å². The predicted octanol–water partition coefficient (Wildman–Crippen LogP) is 4.68. The summed E-state index contributed by atoms with van der Waals surface area (Å²) >= 11 is 0. The van der Waals surface area contributed by atoms with Crippen LogP contribution >= 0.6 is 0 Å². The molecule has 0 spiro atoms. The second kappa shape index (κ2) is 5.40. The average molecular weight is 345 g/mol. The Morgan fingerprint density at radius 2 is 1.85 bits per heavy atom. The van der Waals surface area contributed by atoms with E-state index in [9.17, 15) is 0 Å². The van der Waals surface area contributed by atoms with Crippen molar-refractivity contribution in [3.63, 3.8) is 0 Å². The molecule has 0 amide bonds. The van der Waals surface area contributed by atoms with E-state index in [2.05, 4.69) is 53.3 Å². The number of rotatable bonds is 1. The monoisotopic (exact) mass is 345 g/mol. The highest BCUT2D eigenvalue weighted by Gasteiger charge is 2.27. The zero-order valence-electron chi connectivity index (χ0n) is 15.5. The third-order valence-electron chi connectivity index (χ3n) is 5.50. The number of benzene rings is 1. The summed E-state index contributed by atoms with van der Waals surface area (Å²) in [5.74, 6) is 0. The van der Waals surface area contributed by atoms with Crippen molar-refractivity contribution in [2.75, 3.05) is 0 Å². The minimum atomic E-state index is -0.0258. The Hall–Kier alpha value is -2.69. The molecule has 0 unspecified atom stereocenters. The van der Waals surface area contributed by atoms with Crippen LogP contribution in [0.5, 0.6) is 0 Å². The summed E-state index contributed by atoms with van der Waals surface area (Å²) < 4.78 is 0. The van der Waals surface area contributed by atoms with Gasteiger partial charge in [-0.25, -0.2) is 4.98 Å². The Kier molecular flexibility index (Phi) is 3.23. The second-order valence-corrected chi connectivity index (χ2v) is 8.31. The molecule has 0 aliphatic heterocycles. The van der Waals surface area contributed by atoms with E-state index in [1.165, 1.54) is 34.7 Å². The van der Waals surface area contributed by atoms with E-state index in [0.29, 0.717) is 0 Å². The van der Waals surface area contributed by atoms with Gasteiger partial charge in [-0.2, -0.15) is 10.2 Å². The van der Waals surface area contributed by atoms with Crippen molar-refractivity contribution in [3.8, 4) is 11.3 Å². The van der Waals surface area contributed by atoms with E-state index < -0.39 is 0 Å². The molecule has 1 aromatic carbocycles. The molecule has 3 heterocycles. The third kappa shape index (κ3) is 2.19. The molecule has 0 fully saturated rings. The summed E-state index contributed by atoms with van der Waals surface area (Å²) in [4.78, 5) is 5.13. The third-order valence-corrected chi connectivity index (χ3v) is 5.50. The van der Waals surface area contributed by atoms with Crippen molar-refractivity contribution >= 4 is 21.8 Å². The number of fused-ring (bicyclic) bond motifs is 5. The Morgan fingerprint density at radius 3 is 2.65 bits per heavy atom. The number of pyridine rings is 1. The second-order valence-electron chi connectivity index (χ2n) is 8.31. The highest BCUT2D eigenvalue weighted by atomic mass is 15.1. The maximum Gasteiger partial charge on any atom is 0.0778 e. The van der Waals surface area contributed by atoms with Crippen LogP contribution in [0.2, 0.25) is 0 Å². The zero-order chi connectivity index (χ0) is 17.9. The normalized spacial score (nSPS) is 14.9. The number of H-pyrrole nitrogens is 2. The van der Waals surface area contributed by atoms with Gasteiger partial charge in [0.05, 0.1) is 28.6 Å². The minimum absolute atomic E-state index is 0.0258. The lowest BCUT2D eigenvalue weighted by atomic mass is 9.83. The number of aromatic nitrogens is 5. The van der Waals surface area contributed by atoms with Gasteiger partial charge in [-0.1, -0.05) is 20.8 Å². The van der Waals surface area contributed by atoms with Gasteiger partial charge in [0.15, 0.2) is 0 Å². The van der Waals surface area contributed by atoms with Crippen molar-refractivity contribution in [1.29, 1.82) is 0 Å². The Labute approximate surface area is 152 Å². The molecule has 0 radical (unpaired) electrons. The van der Waals surface area contributed by atoms with Gasteiger partial charge in [-0.3, -0.25) is 10.2 Å². The lowest BCUT2D eigenvalue weighted by Gasteiger charge is -2.23. The predicted molar refractivity (Wildman–Crippen MR) is 104 cm³/mol. The highest BCUT2D eigenvalue weighted by Crippen LogP contribution is 2.40. The molecule has 0 saturated carbocycles. The maximum atomic E-state index is 5.13. The van der Waals surface area contributed by atoms with Gasteiger partial charge in [0.25, 0.3) is 0 Å². The van der Waals surface area contributed by atoms with E-state index in [-0.39, 0.29) is 5.41 Å².